The normalized spacial score (nSPS) is 33.3. The second-order valence-electron chi connectivity index (χ2n) is 6.93. The van der Waals surface area contributed by atoms with Gasteiger partial charge in [-0.1, -0.05) is 5.16 Å². The standard InChI is InChI=1S/C16H23N3O3/c1-21-7-6-17-15(20)12-10-4-5-11(8-10)13(12)16-18-14(19-22-16)9-2-3-9/h9-13H,2-8H2,1H3,(H,17,20)/t10-,11+,12-,13-/m0/s1. The van der Waals surface area contributed by atoms with Gasteiger partial charge in [-0.3, -0.25) is 4.79 Å². The third-order valence-electron chi connectivity index (χ3n) is 5.51. The summed E-state index contributed by atoms with van der Waals surface area (Å²) in [6.07, 6.45) is 5.77. The molecule has 1 aromatic rings. The molecule has 3 fully saturated rings. The van der Waals surface area contributed by atoms with Crippen molar-refractivity contribution in [3.05, 3.63) is 11.7 Å². The lowest BCUT2D eigenvalue weighted by Gasteiger charge is -2.27. The highest BCUT2D eigenvalue weighted by molar-refractivity contribution is 5.80. The van der Waals surface area contributed by atoms with E-state index in [2.05, 4.69) is 15.5 Å². The first-order valence-corrected chi connectivity index (χ1v) is 8.38. The van der Waals surface area contributed by atoms with Crippen LogP contribution in [-0.4, -0.2) is 36.3 Å². The van der Waals surface area contributed by atoms with Crippen LogP contribution in [0.3, 0.4) is 0 Å². The third-order valence-corrected chi connectivity index (χ3v) is 5.51. The van der Waals surface area contributed by atoms with E-state index in [-0.39, 0.29) is 17.7 Å². The lowest BCUT2D eigenvalue weighted by molar-refractivity contribution is -0.127. The van der Waals surface area contributed by atoms with Crippen molar-refractivity contribution in [2.45, 2.75) is 43.9 Å². The molecule has 4 atom stereocenters. The molecule has 120 valence electrons. The van der Waals surface area contributed by atoms with Crippen molar-refractivity contribution >= 4 is 5.91 Å². The molecule has 1 N–H and O–H groups in total. The summed E-state index contributed by atoms with van der Waals surface area (Å²) in [6, 6.07) is 0. The number of rotatable bonds is 6. The number of hydrogen-bond acceptors (Lipinski definition) is 5. The van der Waals surface area contributed by atoms with Crippen LogP contribution >= 0.6 is 0 Å². The van der Waals surface area contributed by atoms with Crippen LogP contribution in [0, 0.1) is 17.8 Å². The van der Waals surface area contributed by atoms with Gasteiger partial charge in [0.2, 0.25) is 11.8 Å². The van der Waals surface area contributed by atoms with Crippen molar-refractivity contribution in [3.63, 3.8) is 0 Å². The van der Waals surface area contributed by atoms with Crippen LogP contribution in [0.2, 0.25) is 0 Å². The third kappa shape index (κ3) is 2.43. The number of ether oxygens (including phenoxy) is 1. The Balaban J connectivity index is 1.51. The van der Waals surface area contributed by atoms with Crippen LogP contribution < -0.4 is 5.32 Å². The minimum absolute atomic E-state index is 0.0110. The van der Waals surface area contributed by atoms with E-state index in [4.69, 9.17) is 9.26 Å². The number of nitrogens with one attached hydrogen (secondary N) is 1. The van der Waals surface area contributed by atoms with Gasteiger partial charge in [0.05, 0.1) is 18.4 Å². The van der Waals surface area contributed by atoms with Crippen LogP contribution in [0.4, 0.5) is 0 Å². The summed E-state index contributed by atoms with van der Waals surface area (Å²) in [7, 11) is 1.64. The van der Waals surface area contributed by atoms with Gasteiger partial charge in [-0.15, -0.1) is 0 Å². The first kappa shape index (κ1) is 14.2. The van der Waals surface area contributed by atoms with Crippen molar-refractivity contribution in [1.82, 2.24) is 15.5 Å². The number of carbonyl (C=O) groups is 1. The molecule has 3 aliphatic rings. The highest BCUT2D eigenvalue weighted by Crippen LogP contribution is 2.56. The molecule has 0 unspecified atom stereocenters. The van der Waals surface area contributed by atoms with Crippen LogP contribution in [0.25, 0.3) is 0 Å². The van der Waals surface area contributed by atoms with Crippen molar-refractivity contribution in [1.29, 1.82) is 0 Å². The molecule has 0 aromatic carbocycles. The maximum Gasteiger partial charge on any atom is 0.230 e. The molecule has 6 heteroatoms. The molecule has 0 radical (unpaired) electrons. The predicted molar refractivity (Wildman–Crippen MR) is 78.2 cm³/mol. The molecular formula is C16H23N3O3. The zero-order chi connectivity index (χ0) is 15.1. The van der Waals surface area contributed by atoms with Gasteiger partial charge in [-0.25, -0.2) is 0 Å². The monoisotopic (exact) mass is 305 g/mol. The van der Waals surface area contributed by atoms with Crippen molar-refractivity contribution in [2.75, 3.05) is 20.3 Å². The molecule has 1 heterocycles. The van der Waals surface area contributed by atoms with Crippen LogP contribution in [0.15, 0.2) is 4.52 Å². The largest absolute Gasteiger partial charge is 0.383 e. The number of amides is 1. The maximum absolute atomic E-state index is 12.6. The van der Waals surface area contributed by atoms with E-state index in [1.807, 2.05) is 0 Å². The quantitative estimate of drug-likeness (QED) is 0.811. The Kier molecular flexibility index (Phi) is 3.64. The number of carbonyl (C=O) groups excluding carboxylic acids is 1. The van der Waals surface area contributed by atoms with E-state index in [1.54, 1.807) is 7.11 Å². The summed E-state index contributed by atoms with van der Waals surface area (Å²) in [5.74, 6) is 3.25. The molecule has 0 saturated heterocycles. The van der Waals surface area contributed by atoms with E-state index >= 15 is 0 Å². The average Bonchev–Trinajstić information content (AvgIpc) is 2.98. The minimum atomic E-state index is -0.0110. The van der Waals surface area contributed by atoms with E-state index in [0.29, 0.717) is 36.8 Å². The number of methoxy groups -OCH3 is 1. The summed E-state index contributed by atoms with van der Waals surface area (Å²) in [5.41, 5.74) is 0. The van der Waals surface area contributed by atoms with Gasteiger partial charge in [0.15, 0.2) is 5.82 Å². The topological polar surface area (TPSA) is 77.2 Å². The fraction of sp³-hybridized carbons (Fsp3) is 0.812. The molecule has 3 aliphatic carbocycles. The SMILES string of the molecule is COCCNC(=O)[C@H]1[C@H]2CC[C@H](C2)[C@@H]1c1nc(C2CC2)no1. The Labute approximate surface area is 130 Å². The summed E-state index contributed by atoms with van der Waals surface area (Å²) >= 11 is 0. The van der Waals surface area contributed by atoms with Crippen LogP contribution in [0.5, 0.6) is 0 Å². The Hall–Kier alpha value is -1.43. The van der Waals surface area contributed by atoms with Crippen molar-refractivity contribution < 1.29 is 14.1 Å². The fourth-order valence-electron chi connectivity index (χ4n) is 4.31. The smallest absolute Gasteiger partial charge is 0.230 e. The van der Waals surface area contributed by atoms with Gasteiger partial charge in [0.1, 0.15) is 0 Å². The summed E-state index contributed by atoms with van der Waals surface area (Å²) in [5, 5.41) is 7.14. The number of aromatic nitrogens is 2. The molecule has 1 amide bonds. The molecular weight excluding hydrogens is 282 g/mol. The molecule has 0 aliphatic heterocycles. The maximum atomic E-state index is 12.6. The number of fused-ring (bicyclic) bond motifs is 2. The molecule has 1 aromatic heterocycles. The fourth-order valence-corrected chi connectivity index (χ4v) is 4.31. The Morgan fingerprint density at radius 1 is 1.32 bits per heavy atom. The van der Waals surface area contributed by atoms with Crippen LogP contribution in [0.1, 0.15) is 55.7 Å². The lowest BCUT2D eigenvalue weighted by atomic mass is 9.78. The highest BCUT2D eigenvalue weighted by atomic mass is 16.5. The molecule has 22 heavy (non-hydrogen) atoms. The second kappa shape index (κ2) is 5.65. The Morgan fingerprint density at radius 2 is 2.14 bits per heavy atom. The number of nitrogens with zero attached hydrogens (tertiary/aromatic N) is 2. The highest BCUT2D eigenvalue weighted by Gasteiger charge is 2.53. The molecule has 6 nitrogen and oxygen atoms in total. The number of hydrogen-bond donors (Lipinski definition) is 1. The second-order valence-corrected chi connectivity index (χ2v) is 6.93. The Morgan fingerprint density at radius 3 is 2.91 bits per heavy atom. The summed E-state index contributed by atoms with van der Waals surface area (Å²) in [4.78, 5) is 17.2. The zero-order valence-corrected chi connectivity index (χ0v) is 13.0. The average molecular weight is 305 g/mol. The van der Waals surface area contributed by atoms with Gasteiger partial charge in [-0.2, -0.15) is 4.98 Å². The van der Waals surface area contributed by atoms with E-state index in [1.165, 1.54) is 6.42 Å². The van der Waals surface area contributed by atoms with Crippen molar-refractivity contribution in [3.8, 4) is 0 Å². The first-order valence-electron chi connectivity index (χ1n) is 8.38. The Bertz CT molecular complexity index is 555. The van der Waals surface area contributed by atoms with Gasteiger partial charge in [0, 0.05) is 19.6 Å². The van der Waals surface area contributed by atoms with E-state index in [9.17, 15) is 4.79 Å². The molecule has 2 bridgehead atoms. The minimum Gasteiger partial charge on any atom is -0.383 e. The summed E-state index contributed by atoms with van der Waals surface area (Å²) < 4.78 is 10.6. The molecule has 4 rings (SSSR count). The molecule has 0 spiro atoms. The van der Waals surface area contributed by atoms with Gasteiger partial charge < -0.3 is 14.6 Å². The summed E-state index contributed by atoms with van der Waals surface area (Å²) in [6.45, 7) is 1.11. The predicted octanol–water partition coefficient (Wildman–Crippen LogP) is 1.84. The van der Waals surface area contributed by atoms with Gasteiger partial charge in [0.25, 0.3) is 0 Å². The van der Waals surface area contributed by atoms with Gasteiger partial charge >= 0.3 is 0 Å². The van der Waals surface area contributed by atoms with Gasteiger partial charge in [-0.05, 0) is 43.9 Å². The zero-order valence-electron chi connectivity index (χ0n) is 13.0. The first-order chi connectivity index (χ1) is 10.8. The lowest BCUT2D eigenvalue weighted by Crippen LogP contribution is -2.38. The van der Waals surface area contributed by atoms with Crippen molar-refractivity contribution in [2.24, 2.45) is 17.8 Å². The van der Waals surface area contributed by atoms with Crippen LogP contribution in [-0.2, 0) is 9.53 Å². The van der Waals surface area contributed by atoms with E-state index < -0.39 is 0 Å². The van der Waals surface area contributed by atoms with E-state index in [0.717, 1.165) is 31.5 Å². The molecule has 3 saturated carbocycles.